The standard InChI is InChI=1S/C21H25NO3/c1-13-6-8-14(9-7-13)18-19(21(18,2)3)22-20(23)16-12-15(24-4)10-11-17(16)25-5/h6-12,18-19H,1-5H3,(H,22,23)/t18-,19-/m1/s1. The van der Waals surface area contributed by atoms with Gasteiger partial charge in [-0.1, -0.05) is 43.7 Å². The van der Waals surface area contributed by atoms with Gasteiger partial charge in [-0.25, -0.2) is 0 Å². The molecular formula is C21H25NO3. The predicted molar refractivity (Wildman–Crippen MR) is 98.5 cm³/mol. The lowest BCUT2D eigenvalue weighted by molar-refractivity contribution is 0.0942. The maximum absolute atomic E-state index is 12.8. The largest absolute Gasteiger partial charge is 0.497 e. The Kier molecular flexibility index (Phi) is 4.46. The number of amides is 1. The third kappa shape index (κ3) is 3.21. The summed E-state index contributed by atoms with van der Waals surface area (Å²) in [5, 5.41) is 3.18. The molecule has 1 aliphatic carbocycles. The smallest absolute Gasteiger partial charge is 0.255 e. The molecular weight excluding hydrogens is 314 g/mol. The topological polar surface area (TPSA) is 47.6 Å². The number of rotatable bonds is 5. The van der Waals surface area contributed by atoms with Crippen LogP contribution in [0.15, 0.2) is 42.5 Å². The van der Waals surface area contributed by atoms with E-state index < -0.39 is 0 Å². The number of hydrogen-bond donors (Lipinski definition) is 1. The minimum absolute atomic E-state index is 0.0248. The second kappa shape index (κ2) is 6.43. The number of ether oxygens (including phenoxy) is 2. The van der Waals surface area contributed by atoms with Crippen LogP contribution in [0.25, 0.3) is 0 Å². The molecule has 3 rings (SSSR count). The summed E-state index contributed by atoms with van der Waals surface area (Å²) in [5.41, 5.74) is 3.02. The van der Waals surface area contributed by atoms with Crippen LogP contribution in [-0.2, 0) is 0 Å². The second-order valence-corrected chi connectivity index (χ2v) is 7.23. The zero-order chi connectivity index (χ0) is 18.2. The zero-order valence-corrected chi connectivity index (χ0v) is 15.4. The van der Waals surface area contributed by atoms with E-state index >= 15 is 0 Å². The van der Waals surface area contributed by atoms with Crippen molar-refractivity contribution in [2.24, 2.45) is 5.41 Å². The van der Waals surface area contributed by atoms with Crippen molar-refractivity contribution in [3.63, 3.8) is 0 Å². The number of carbonyl (C=O) groups is 1. The fourth-order valence-corrected chi connectivity index (χ4v) is 3.51. The first-order valence-corrected chi connectivity index (χ1v) is 8.48. The number of nitrogens with one attached hydrogen (secondary N) is 1. The predicted octanol–water partition coefficient (Wildman–Crippen LogP) is 3.93. The third-order valence-electron chi connectivity index (χ3n) is 5.20. The quantitative estimate of drug-likeness (QED) is 0.898. The van der Waals surface area contributed by atoms with Crippen molar-refractivity contribution >= 4 is 5.91 Å². The van der Waals surface area contributed by atoms with Gasteiger partial charge in [-0.05, 0) is 36.1 Å². The summed E-state index contributed by atoms with van der Waals surface area (Å²) in [7, 11) is 3.15. The minimum Gasteiger partial charge on any atom is -0.497 e. The Morgan fingerprint density at radius 1 is 1.04 bits per heavy atom. The van der Waals surface area contributed by atoms with Crippen LogP contribution in [0.4, 0.5) is 0 Å². The lowest BCUT2D eigenvalue weighted by atomic mass is 10.0. The van der Waals surface area contributed by atoms with Crippen molar-refractivity contribution in [2.45, 2.75) is 32.7 Å². The summed E-state index contributed by atoms with van der Waals surface area (Å²) in [6.45, 7) is 6.45. The van der Waals surface area contributed by atoms with Gasteiger partial charge in [-0.3, -0.25) is 4.79 Å². The van der Waals surface area contributed by atoms with Crippen LogP contribution in [0, 0.1) is 12.3 Å². The fraction of sp³-hybridized carbons (Fsp3) is 0.381. The molecule has 1 aliphatic rings. The highest BCUT2D eigenvalue weighted by Crippen LogP contribution is 2.58. The highest BCUT2D eigenvalue weighted by Gasteiger charge is 2.59. The number of hydrogen-bond acceptors (Lipinski definition) is 3. The summed E-state index contributed by atoms with van der Waals surface area (Å²) in [5.74, 6) is 1.36. The first-order valence-electron chi connectivity index (χ1n) is 8.48. The van der Waals surface area contributed by atoms with Crippen LogP contribution in [0.2, 0.25) is 0 Å². The molecule has 0 spiro atoms. The number of aryl methyl sites for hydroxylation is 1. The molecule has 0 heterocycles. The van der Waals surface area contributed by atoms with Crippen molar-refractivity contribution < 1.29 is 14.3 Å². The van der Waals surface area contributed by atoms with Gasteiger partial charge in [0.25, 0.3) is 5.91 Å². The summed E-state index contributed by atoms with van der Waals surface area (Å²) >= 11 is 0. The van der Waals surface area contributed by atoms with Crippen LogP contribution in [-0.4, -0.2) is 26.2 Å². The summed E-state index contributed by atoms with van der Waals surface area (Å²) < 4.78 is 10.6. The van der Waals surface area contributed by atoms with E-state index in [1.807, 2.05) is 0 Å². The molecule has 132 valence electrons. The molecule has 2 aromatic carbocycles. The Bertz CT molecular complexity index is 780. The lowest BCUT2D eigenvalue weighted by Gasteiger charge is -2.11. The molecule has 0 radical (unpaired) electrons. The second-order valence-electron chi connectivity index (χ2n) is 7.23. The van der Waals surface area contributed by atoms with Crippen LogP contribution >= 0.6 is 0 Å². The summed E-state index contributed by atoms with van der Waals surface area (Å²) in [4.78, 5) is 12.8. The van der Waals surface area contributed by atoms with Gasteiger partial charge in [0, 0.05) is 12.0 Å². The monoisotopic (exact) mass is 339 g/mol. The Labute approximate surface area is 149 Å². The average Bonchev–Trinajstić information content (AvgIpc) is 3.15. The van der Waals surface area contributed by atoms with Crippen molar-refractivity contribution in [3.8, 4) is 11.5 Å². The molecule has 1 fully saturated rings. The van der Waals surface area contributed by atoms with E-state index in [0.29, 0.717) is 23.0 Å². The Morgan fingerprint density at radius 3 is 2.32 bits per heavy atom. The van der Waals surface area contributed by atoms with Gasteiger partial charge in [-0.15, -0.1) is 0 Å². The van der Waals surface area contributed by atoms with E-state index in [2.05, 4.69) is 50.4 Å². The molecule has 1 saturated carbocycles. The van der Waals surface area contributed by atoms with Gasteiger partial charge >= 0.3 is 0 Å². The summed E-state index contributed by atoms with van der Waals surface area (Å²) in [6, 6.07) is 13.9. The van der Waals surface area contributed by atoms with Crippen LogP contribution < -0.4 is 14.8 Å². The Balaban J connectivity index is 1.80. The van der Waals surface area contributed by atoms with E-state index in [0.717, 1.165) is 0 Å². The van der Waals surface area contributed by atoms with Crippen LogP contribution in [0.1, 0.15) is 41.3 Å². The minimum atomic E-state index is -0.136. The Morgan fingerprint density at radius 2 is 1.72 bits per heavy atom. The van der Waals surface area contributed by atoms with Gasteiger partial charge in [0.2, 0.25) is 0 Å². The van der Waals surface area contributed by atoms with Crippen molar-refractivity contribution in [2.75, 3.05) is 14.2 Å². The molecule has 0 saturated heterocycles. The van der Waals surface area contributed by atoms with Crippen molar-refractivity contribution in [1.82, 2.24) is 5.32 Å². The zero-order valence-electron chi connectivity index (χ0n) is 15.4. The maximum Gasteiger partial charge on any atom is 0.255 e. The molecule has 0 aromatic heterocycles. The van der Waals surface area contributed by atoms with E-state index in [4.69, 9.17) is 9.47 Å². The molecule has 4 heteroatoms. The van der Waals surface area contributed by atoms with E-state index in [1.54, 1.807) is 32.4 Å². The number of carbonyl (C=O) groups excluding carboxylic acids is 1. The molecule has 4 nitrogen and oxygen atoms in total. The summed E-state index contributed by atoms with van der Waals surface area (Å²) in [6.07, 6.45) is 0. The first-order chi connectivity index (χ1) is 11.9. The van der Waals surface area contributed by atoms with Gasteiger partial charge in [0.15, 0.2) is 0 Å². The molecule has 0 aliphatic heterocycles. The molecule has 1 N–H and O–H groups in total. The molecule has 25 heavy (non-hydrogen) atoms. The highest BCUT2D eigenvalue weighted by atomic mass is 16.5. The van der Waals surface area contributed by atoms with Crippen molar-refractivity contribution in [1.29, 1.82) is 0 Å². The Hall–Kier alpha value is -2.49. The molecule has 1 amide bonds. The van der Waals surface area contributed by atoms with E-state index in [-0.39, 0.29) is 17.4 Å². The maximum atomic E-state index is 12.8. The first kappa shape index (κ1) is 17.3. The van der Waals surface area contributed by atoms with Crippen LogP contribution in [0.3, 0.4) is 0 Å². The van der Waals surface area contributed by atoms with E-state index in [1.165, 1.54) is 11.1 Å². The number of methoxy groups -OCH3 is 2. The average molecular weight is 339 g/mol. The van der Waals surface area contributed by atoms with Gasteiger partial charge in [0.1, 0.15) is 11.5 Å². The van der Waals surface area contributed by atoms with Gasteiger partial charge < -0.3 is 14.8 Å². The fourth-order valence-electron chi connectivity index (χ4n) is 3.51. The molecule has 2 atom stereocenters. The van der Waals surface area contributed by atoms with Crippen molar-refractivity contribution in [3.05, 3.63) is 59.2 Å². The molecule has 0 bridgehead atoms. The normalized spacial score (nSPS) is 20.7. The SMILES string of the molecule is COc1ccc(OC)c(C(=O)N[C@@H]2[C@@H](c3ccc(C)cc3)C2(C)C)c1. The number of benzene rings is 2. The van der Waals surface area contributed by atoms with Gasteiger partial charge in [-0.2, -0.15) is 0 Å². The third-order valence-corrected chi connectivity index (χ3v) is 5.20. The highest BCUT2D eigenvalue weighted by molar-refractivity contribution is 5.98. The van der Waals surface area contributed by atoms with Gasteiger partial charge in [0.05, 0.1) is 19.8 Å². The lowest BCUT2D eigenvalue weighted by Crippen LogP contribution is -2.29. The molecule has 2 aromatic rings. The van der Waals surface area contributed by atoms with E-state index in [9.17, 15) is 4.79 Å². The molecule has 0 unspecified atom stereocenters. The van der Waals surface area contributed by atoms with Crippen LogP contribution in [0.5, 0.6) is 11.5 Å².